The van der Waals surface area contributed by atoms with Gasteiger partial charge in [0.25, 0.3) is 0 Å². The number of hydrogen-bond acceptors (Lipinski definition) is 0. The van der Waals surface area contributed by atoms with Crippen molar-refractivity contribution in [1.29, 1.82) is 0 Å². The van der Waals surface area contributed by atoms with Gasteiger partial charge in [-0.1, -0.05) is 89.6 Å². The summed E-state index contributed by atoms with van der Waals surface area (Å²) in [6.07, 6.45) is 24.7. The van der Waals surface area contributed by atoms with E-state index in [0.29, 0.717) is 0 Å². The Morgan fingerprint density at radius 1 is 0.579 bits per heavy atom. The first-order valence-electron chi connectivity index (χ1n) is 8.77. The third kappa shape index (κ3) is 17.8. The lowest BCUT2D eigenvalue weighted by atomic mass is 9.98. The quantitative estimate of drug-likeness (QED) is 0.177. The van der Waals surface area contributed by atoms with Crippen LogP contribution in [0.25, 0.3) is 0 Å². The van der Waals surface area contributed by atoms with Crippen LogP contribution in [0.5, 0.6) is 0 Å². The molecular formula is C18H35B. The van der Waals surface area contributed by atoms with Gasteiger partial charge in [-0.15, -0.1) is 0 Å². The van der Waals surface area contributed by atoms with Gasteiger partial charge in [0.15, 0.2) is 0 Å². The fraction of sp³-hybridized carbons (Fsp3) is 0.889. The monoisotopic (exact) mass is 262 g/mol. The van der Waals surface area contributed by atoms with Crippen molar-refractivity contribution in [1.82, 2.24) is 0 Å². The molecule has 0 bridgehead atoms. The first-order valence-corrected chi connectivity index (χ1v) is 8.77. The van der Waals surface area contributed by atoms with Crippen LogP contribution in [0.1, 0.15) is 96.8 Å². The Bertz CT molecular complexity index is 175. The summed E-state index contributed by atoms with van der Waals surface area (Å²) in [6.45, 7) is 2.28. The van der Waals surface area contributed by atoms with Crippen LogP contribution in [0, 0.1) is 0 Å². The molecule has 0 unspecified atom stereocenters. The number of hydrogen-bond donors (Lipinski definition) is 0. The minimum atomic E-state index is 0.859. The zero-order chi connectivity index (χ0) is 14.0. The van der Waals surface area contributed by atoms with E-state index in [1.807, 2.05) is 0 Å². The Morgan fingerprint density at radius 3 is 1.47 bits per heavy atom. The molecule has 2 radical (unpaired) electrons. The summed E-state index contributed by atoms with van der Waals surface area (Å²) in [7, 11) is 5.47. The molecule has 0 atom stereocenters. The standard InChI is InChI=1S/C18H35B/c1-2-3-4-5-6-7-8-9-10-11-12-13-14-15-16-17-18-19/h10-11H,2-9,12-18H2,1H3/b11-10-. The zero-order valence-electron chi connectivity index (χ0n) is 13.3. The summed E-state index contributed by atoms with van der Waals surface area (Å²) in [4.78, 5) is 0. The molecule has 0 amide bonds. The molecule has 0 aliphatic rings. The van der Waals surface area contributed by atoms with E-state index < -0.39 is 0 Å². The van der Waals surface area contributed by atoms with Gasteiger partial charge in [-0.25, -0.2) is 0 Å². The highest BCUT2D eigenvalue weighted by molar-refractivity contribution is 6.08. The minimum absolute atomic E-state index is 0.859. The molecule has 0 spiro atoms. The molecule has 0 aromatic carbocycles. The average Bonchev–Trinajstić information content (AvgIpc) is 2.43. The number of rotatable bonds is 15. The molecule has 0 aromatic rings. The maximum Gasteiger partial charge on any atom is 0.0653 e. The average molecular weight is 262 g/mol. The Balaban J connectivity index is 3.01. The molecule has 0 rings (SSSR count). The van der Waals surface area contributed by atoms with Crippen molar-refractivity contribution in [2.75, 3.05) is 0 Å². The lowest BCUT2D eigenvalue weighted by Crippen LogP contribution is -1.79. The lowest BCUT2D eigenvalue weighted by Gasteiger charge is -1.99. The molecule has 1 heteroatoms. The fourth-order valence-corrected chi connectivity index (χ4v) is 2.39. The van der Waals surface area contributed by atoms with Crippen molar-refractivity contribution in [2.24, 2.45) is 0 Å². The first-order chi connectivity index (χ1) is 9.41. The van der Waals surface area contributed by atoms with E-state index in [0.717, 1.165) is 6.32 Å². The lowest BCUT2D eigenvalue weighted by molar-refractivity contribution is 0.591. The molecule has 0 nitrogen and oxygen atoms in total. The van der Waals surface area contributed by atoms with Crippen LogP contribution in [-0.2, 0) is 0 Å². The minimum Gasteiger partial charge on any atom is -0.0887 e. The van der Waals surface area contributed by atoms with E-state index in [-0.39, 0.29) is 0 Å². The number of unbranched alkanes of at least 4 members (excludes halogenated alkanes) is 12. The maximum absolute atomic E-state index is 5.47. The van der Waals surface area contributed by atoms with Gasteiger partial charge in [0.05, 0.1) is 7.85 Å². The summed E-state index contributed by atoms with van der Waals surface area (Å²) in [5, 5.41) is 0. The van der Waals surface area contributed by atoms with Crippen LogP contribution >= 0.6 is 0 Å². The van der Waals surface area contributed by atoms with Crippen molar-refractivity contribution in [3.05, 3.63) is 12.2 Å². The summed E-state index contributed by atoms with van der Waals surface area (Å²) in [5.74, 6) is 0. The Labute approximate surface area is 123 Å². The second kappa shape index (κ2) is 17.8. The van der Waals surface area contributed by atoms with Crippen LogP contribution in [0.4, 0.5) is 0 Å². The summed E-state index contributed by atoms with van der Waals surface area (Å²) in [5.41, 5.74) is 0. The summed E-state index contributed by atoms with van der Waals surface area (Å²) in [6, 6.07) is 0. The van der Waals surface area contributed by atoms with Crippen molar-refractivity contribution >= 4 is 7.85 Å². The molecule has 0 saturated heterocycles. The Morgan fingerprint density at radius 2 is 1.00 bits per heavy atom. The normalized spacial score (nSPS) is 11.4. The molecule has 0 aromatic heterocycles. The molecule has 0 aliphatic carbocycles. The van der Waals surface area contributed by atoms with Crippen molar-refractivity contribution in [2.45, 2.75) is 103 Å². The second-order valence-electron chi connectivity index (χ2n) is 5.73. The van der Waals surface area contributed by atoms with E-state index in [4.69, 9.17) is 7.85 Å². The highest BCUT2D eigenvalue weighted by Gasteiger charge is 1.90. The van der Waals surface area contributed by atoms with Crippen molar-refractivity contribution in [3.8, 4) is 0 Å². The molecule has 0 saturated carbocycles. The van der Waals surface area contributed by atoms with E-state index in [2.05, 4.69) is 19.1 Å². The molecule has 0 heterocycles. The van der Waals surface area contributed by atoms with Gasteiger partial charge >= 0.3 is 0 Å². The van der Waals surface area contributed by atoms with Gasteiger partial charge in [0.2, 0.25) is 0 Å². The Kier molecular flexibility index (Phi) is 17.6. The van der Waals surface area contributed by atoms with Gasteiger partial charge in [-0.05, 0) is 25.7 Å². The van der Waals surface area contributed by atoms with E-state index in [1.54, 1.807) is 0 Å². The maximum atomic E-state index is 5.47. The Hall–Kier alpha value is -0.195. The molecule has 110 valence electrons. The highest BCUT2D eigenvalue weighted by Crippen LogP contribution is 2.10. The molecule has 0 aliphatic heterocycles. The van der Waals surface area contributed by atoms with Gasteiger partial charge in [-0.3, -0.25) is 0 Å². The van der Waals surface area contributed by atoms with E-state index in [9.17, 15) is 0 Å². The van der Waals surface area contributed by atoms with E-state index >= 15 is 0 Å². The number of allylic oxidation sites excluding steroid dienone is 2. The molecular weight excluding hydrogens is 227 g/mol. The molecule has 19 heavy (non-hydrogen) atoms. The van der Waals surface area contributed by atoms with Crippen LogP contribution in [-0.4, -0.2) is 7.85 Å². The van der Waals surface area contributed by atoms with Crippen LogP contribution < -0.4 is 0 Å². The third-order valence-electron chi connectivity index (χ3n) is 3.72. The van der Waals surface area contributed by atoms with Gasteiger partial charge in [0.1, 0.15) is 0 Å². The predicted molar refractivity (Wildman–Crippen MR) is 90.0 cm³/mol. The topological polar surface area (TPSA) is 0 Å². The van der Waals surface area contributed by atoms with Crippen LogP contribution in [0.3, 0.4) is 0 Å². The van der Waals surface area contributed by atoms with Gasteiger partial charge in [0, 0.05) is 0 Å². The smallest absolute Gasteiger partial charge is 0.0653 e. The molecule has 0 N–H and O–H groups in total. The second-order valence-corrected chi connectivity index (χ2v) is 5.73. The SMILES string of the molecule is [B]CCCCCCC/C=C\CCCCCCCCC. The van der Waals surface area contributed by atoms with Crippen LogP contribution in [0.2, 0.25) is 6.32 Å². The zero-order valence-corrected chi connectivity index (χ0v) is 13.3. The van der Waals surface area contributed by atoms with E-state index in [1.165, 1.54) is 89.9 Å². The largest absolute Gasteiger partial charge is 0.0887 e. The van der Waals surface area contributed by atoms with Crippen LogP contribution in [0.15, 0.2) is 12.2 Å². The predicted octanol–water partition coefficient (Wildman–Crippen LogP) is 6.61. The molecule has 0 fully saturated rings. The highest BCUT2D eigenvalue weighted by atomic mass is 14.0. The first kappa shape index (κ1) is 18.8. The van der Waals surface area contributed by atoms with Crippen molar-refractivity contribution < 1.29 is 0 Å². The van der Waals surface area contributed by atoms with Gasteiger partial charge in [-0.2, -0.15) is 0 Å². The third-order valence-corrected chi connectivity index (χ3v) is 3.72. The summed E-state index contributed by atoms with van der Waals surface area (Å²) >= 11 is 0. The van der Waals surface area contributed by atoms with Gasteiger partial charge < -0.3 is 0 Å². The summed E-state index contributed by atoms with van der Waals surface area (Å²) < 4.78 is 0. The van der Waals surface area contributed by atoms with Crippen molar-refractivity contribution in [3.63, 3.8) is 0 Å². The fourth-order valence-electron chi connectivity index (χ4n) is 2.39.